The van der Waals surface area contributed by atoms with Crippen molar-refractivity contribution in [1.29, 1.82) is 0 Å². The number of Topliss-reactive ketones (excluding diaryl/α,β-unsaturated/α-hetero) is 1. The number of hydrogen-bond acceptors (Lipinski definition) is 4. The predicted octanol–water partition coefficient (Wildman–Crippen LogP) is 3.47. The van der Waals surface area contributed by atoms with Crippen LogP contribution < -0.4 is 14.7 Å². The molecule has 10 heteroatoms. The lowest BCUT2D eigenvalue weighted by Gasteiger charge is -2.29. The molecule has 0 spiro atoms. The fraction of sp³-hybridized carbons (Fsp3) is 0.391. The quantitative estimate of drug-likeness (QED) is 0.419. The van der Waals surface area contributed by atoms with E-state index in [9.17, 15) is 18.4 Å². The third-order valence-electron chi connectivity index (χ3n) is 6.19. The number of anilines is 1. The molecule has 1 saturated carbocycles. The number of carbonyl (C=O) groups excluding carboxylic acids is 2. The number of nitrogens with zero attached hydrogens (tertiary/aromatic N) is 3. The van der Waals surface area contributed by atoms with Crippen molar-refractivity contribution in [3.8, 4) is 17.1 Å². The Morgan fingerprint density at radius 3 is 2.52 bits per heavy atom. The number of nitrogens with one attached hydrogen (secondary N) is 2. The third-order valence-corrected chi connectivity index (χ3v) is 6.19. The molecule has 1 aromatic carbocycles. The highest BCUT2D eigenvalue weighted by atomic mass is 19.3. The van der Waals surface area contributed by atoms with Gasteiger partial charge in [0.1, 0.15) is 0 Å². The molecule has 0 radical (unpaired) electrons. The molecule has 2 aromatic heterocycles. The molecule has 2 N–H and O–H groups in total. The van der Waals surface area contributed by atoms with Crippen molar-refractivity contribution in [2.45, 2.75) is 32.3 Å². The number of aryl methyl sites for hydroxylation is 1. The summed E-state index contributed by atoms with van der Waals surface area (Å²) in [7, 11) is 3.20. The summed E-state index contributed by atoms with van der Waals surface area (Å²) in [6.07, 6.45) is 5.99. The zero-order valence-electron chi connectivity index (χ0n) is 18.4. The molecule has 2 atom stereocenters. The number of aromatic nitrogens is 4. The average Bonchev–Trinajstić information content (AvgIpc) is 3.43. The molecule has 4 rings (SSSR count). The summed E-state index contributed by atoms with van der Waals surface area (Å²) in [5, 5.41) is 9.53. The molecule has 8 nitrogen and oxygen atoms in total. The number of halogens is 2. The zero-order valence-corrected chi connectivity index (χ0v) is 18.4. The maximum absolute atomic E-state index is 13.3. The van der Waals surface area contributed by atoms with Crippen molar-refractivity contribution in [3.05, 3.63) is 48.3 Å². The zero-order chi connectivity index (χ0) is 23.5. The van der Waals surface area contributed by atoms with Gasteiger partial charge in [0.2, 0.25) is 12.1 Å². The average molecular weight is 458 g/mol. The number of alkyl halides is 2. The Morgan fingerprint density at radius 2 is 1.88 bits per heavy atom. The second kappa shape index (κ2) is 9.51. The molecule has 0 unspecified atom stereocenters. The molecule has 1 aliphatic rings. The van der Waals surface area contributed by atoms with Crippen LogP contribution in [0.25, 0.3) is 11.3 Å². The molecule has 1 amide bonds. The van der Waals surface area contributed by atoms with E-state index < -0.39 is 18.4 Å². The van der Waals surface area contributed by atoms with Crippen LogP contribution in [0.4, 0.5) is 14.5 Å². The number of carbonyl (C=O) groups is 2. The van der Waals surface area contributed by atoms with Gasteiger partial charge in [0.05, 0.1) is 12.7 Å². The summed E-state index contributed by atoms with van der Waals surface area (Å²) >= 11 is 0. The van der Waals surface area contributed by atoms with E-state index in [1.165, 1.54) is 15.6 Å². The Labute approximate surface area is 189 Å². The van der Waals surface area contributed by atoms with Crippen molar-refractivity contribution in [3.63, 3.8) is 0 Å². The monoisotopic (exact) mass is 458 g/mol. The van der Waals surface area contributed by atoms with Gasteiger partial charge in [-0.1, -0.05) is 37.1 Å². The van der Waals surface area contributed by atoms with Crippen LogP contribution in [0.15, 0.2) is 42.7 Å². The van der Waals surface area contributed by atoms with Gasteiger partial charge in [-0.25, -0.2) is 0 Å². The first-order valence-corrected chi connectivity index (χ1v) is 10.8. The van der Waals surface area contributed by atoms with Crippen molar-refractivity contribution in [1.82, 2.24) is 14.9 Å². The predicted molar refractivity (Wildman–Crippen MR) is 116 cm³/mol. The Kier molecular flexibility index (Phi) is 6.52. The molecule has 174 valence electrons. The summed E-state index contributed by atoms with van der Waals surface area (Å²) in [5.74, 6) is -1.63. The van der Waals surface area contributed by atoms with Gasteiger partial charge < -0.3 is 10.1 Å². The van der Waals surface area contributed by atoms with Crippen LogP contribution in [0.3, 0.4) is 0 Å². The molecule has 2 heterocycles. The lowest BCUT2D eigenvalue weighted by molar-refractivity contribution is -0.751. The normalized spacial score (nSPS) is 18.3. The summed E-state index contributed by atoms with van der Waals surface area (Å²) in [4.78, 5) is 26.4. The minimum absolute atomic E-state index is 0.0892. The topological polar surface area (TPSA) is 92.9 Å². The van der Waals surface area contributed by atoms with E-state index in [0.717, 1.165) is 24.1 Å². The number of amides is 1. The molecular weight excluding hydrogens is 432 g/mol. The molecule has 33 heavy (non-hydrogen) atoms. The van der Waals surface area contributed by atoms with Crippen LogP contribution >= 0.6 is 0 Å². The van der Waals surface area contributed by atoms with E-state index in [1.807, 2.05) is 18.2 Å². The highest BCUT2D eigenvalue weighted by Gasteiger charge is 2.37. The fourth-order valence-electron chi connectivity index (χ4n) is 4.38. The number of benzene rings is 1. The van der Waals surface area contributed by atoms with Crippen molar-refractivity contribution in [2.24, 2.45) is 25.9 Å². The van der Waals surface area contributed by atoms with E-state index >= 15 is 0 Å². The molecular formula is C23H26F2N5O3+. The number of aromatic amines is 1. The highest BCUT2D eigenvalue weighted by molar-refractivity contribution is 6.03. The van der Waals surface area contributed by atoms with Gasteiger partial charge >= 0.3 is 6.61 Å². The van der Waals surface area contributed by atoms with E-state index in [-0.39, 0.29) is 23.3 Å². The van der Waals surface area contributed by atoms with Gasteiger partial charge in [0.15, 0.2) is 18.5 Å². The fourth-order valence-corrected chi connectivity index (χ4v) is 4.38. The van der Waals surface area contributed by atoms with Gasteiger partial charge in [-0.2, -0.15) is 13.9 Å². The number of hydrogen-bond donors (Lipinski definition) is 2. The standard InChI is InChI=1S/C23H25F2N5O3/c1-29-13-19(22(30(29)2)33-23(24)25)27-21(32)17-6-4-3-5-16(17)20(31)15-9-7-14(8-10-15)18-11-12-26-28-18/h7-13,16-17,23H,3-6H2,1-2H3,(H-,26,27,28,31,32)/p+1/t16-,17-/m1/s1. The van der Waals surface area contributed by atoms with Crippen molar-refractivity contribution >= 4 is 17.4 Å². The maximum Gasteiger partial charge on any atom is 0.388 e. The second-order valence-electron chi connectivity index (χ2n) is 8.22. The summed E-state index contributed by atoms with van der Waals surface area (Å²) < 4.78 is 33.2. The highest BCUT2D eigenvalue weighted by Crippen LogP contribution is 2.35. The molecule has 0 saturated heterocycles. The largest absolute Gasteiger partial charge is 0.412 e. The van der Waals surface area contributed by atoms with Crippen LogP contribution in [0, 0.1) is 11.8 Å². The minimum atomic E-state index is -3.03. The first kappa shape index (κ1) is 22.6. The second-order valence-corrected chi connectivity index (χ2v) is 8.22. The maximum atomic E-state index is 13.3. The van der Waals surface area contributed by atoms with E-state index in [4.69, 9.17) is 0 Å². The van der Waals surface area contributed by atoms with Crippen LogP contribution in [0.2, 0.25) is 0 Å². The van der Waals surface area contributed by atoms with Crippen molar-refractivity contribution in [2.75, 3.05) is 5.32 Å². The molecule has 0 aliphatic heterocycles. The summed E-state index contributed by atoms with van der Waals surface area (Å²) in [6, 6.07) is 9.04. The van der Waals surface area contributed by atoms with E-state index in [1.54, 1.807) is 32.4 Å². The Balaban J connectivity index is 1.52. The number of ether oxygens (including phenoxy) is 1. The van der Waals surface area contributed by atoms with Gasteiger partial charge in [0, 0.05) is 23.6 Å². The van der Waals surface area contributed by atoms with Gasteiger partial charge in [0.25, 0.3) is 5.88 Å². The summed E-state index contributed by atoms with van der Waals surface area (Å²) in [5.41, 5.74) is 2.44. The first-order chi connectivity index (χ1) is 15.8. The Morgan fingerprint density at radius 1 is 1.18 bits per heavy atom. The van der Waals surface area contributed by atoms with Crippen LogP contribution in [-0.4, -0.2) is 33.2 Å². The number of rotatable bonds is 7. The molecule has 3 aromatic rings. The van der Waals surface area contributed by atoms with Crippen LogP contribution in [0.1, 0.15) is 36.0 Å². The van der Waals surface area contributed by atoms with Gasteiger partial charge in [-0.3, -0.25) is 14.7 Å². The smallest absolute Gasteiger partial charge is 0.388 e. The lowest BCUT2D eigenvalue weighted by Crippen LogP contribution is -2.37. The lowest BCUT2D eigenvalue weighted by atomic mass is 9.75. The Hall–Kier alpha value is -3.56. The van der Waals surface area contributed by atoms with Gasteiger partial charge in [-0.05, 0) is 24.5 Å². The number of ketones is 1. The van der Waals surface area contributed by atoms with E-state index in [0.29, 0.717) is 18.4 Å². The number of H-pyrrole nitrogens is 1. The van der Waals surface area contributed by atoms with E-state index in [2.05, 4.69) is 20.3 Å². The Bertz CT molecular complexity index is 1130. The SMILES string of the molecule is Cn1c(OC(F)F)c(NC(=O)[C@@H]2CCCC[C@H]2C(=O)c2ccc(-c3ccn[nH]3)cc2)c[n+]1C. The first-order valence-electron chi connectivity index (χ1n) is 10.8. The molecule has 1 aliphatic carbocycles. The summed E-state index contributed by atoms with van der Waals surface area (Å²) in [6.45, 7) is -3.03. The molecule has 1 fully saturated rings. The minimum Gasteiger partial charge on any atom is -0.412 e. The molecule has 0 bridgehead atoms. The third kappa shape index (κ3) is 4.79. The van der Waals surface area contributed by atoms with Gasteiger partial charge in [-0.15, -0.1) is 9.36 Å². The van der Waals surface area contributed by atoms with Crippen LogP contribution in [0.5, 0.6) is 5.88 Å². The van der Waals surface area contributed by atoms with Crippen molar-refractivity contribution < 1.29 is 27.8 Å². The van der Waals surface area contributed by atoms with Crippen LogP contribution in [-0.2, 0) is 18.9 Å².